The van der Waals surface area contributed by atoms with Crippen LogP contribution in [0.2, 0.25) is 0 Å². The van der Waals surface area contributed by atoms with Crippen LogP contribution in [0.5, 0.6) is 0 Å². The van der Waals surface area contributed by atoms with Crippen LogP contribution in [0, 0.1) is 13.8 Å². The van der Waals surface area contributed by atoms with Crippen molar-refractivity contribution in [2.45, 2.75) is 49.7 Å². The zero-order valence-electron chi connectivity index (χ0n) is 13.6. The molecule has 1 aromatic carbocycles. The summed E-state index contributed by atoms with van der Waals surface area (Å²) in [6.07, 6.45) is 5.18. The molecule has 0 bridgehead atoms. The summed E-state index contributed by atoms with van der Waals surface area (Å²) in [4.78, 5) is 18.1. The van der Waals surface area contributed by atoms with Gasteiger partial charge in [0, 0.05) is 15.8 Å². The minimum atomic E-state index is -0.0885. The Morgan fingerprint density at radius 3 is 2.61 bits per heavy atom. The molecule has 1 saturated carbocycles. The van der Waals surface area contributed by atoms with Crippen molar-refractivity contribution in [2.75, 3.05) is 5.32 Å². The van der Waals surface area contributed by atoms with Crippen LogP contribution in [0.3, 0.4) is 0 Å². The highest BCUT2D eigenvalue weighted by atomic mass is 32.2. The fourth-order valence-corrected chi connectivity index (χ4v) is 4.31. The van der Waals surface area contributed by atoms with Gasteiger partial charge in [0.1, 0.15) is 0 Å². The minimum Gasteiger partial charge on any atom is -0.321 e. The first kappa shape index (κ1) is 16.1. The van der Waals surface area contributed by atoms with Crippen molar-refractivity contribution in [1.82, 2.24) is 4.98 Å². The lowest BCUT2D eigenvalue weighted by molar-refractivity contribution is 0.102. The van der Waals surface area contributed by atoms with Gasteiger partial charge in [-0.25, -0.2) is 0 Å². The molecule has 0 radical (unpaired) electrons. The number of aromatic nitrogens is 1. The number of aryl methyl sites for hydroxylation is 2. The third kappa shape index (κ3) is 3.94. The number of benzene rings is 1. The van der Waals surface area contributed by atoms with Crippen molar-refractivity contribution in [3.8, 4) is 0 Å². The summed E-state index contributed by atoms with van der Waals surface area (Å²) < 4.78 is 0. The Morgan fingerprint density at radius 2 is 1.87 bits per heavy atom. The van der Waals surface area contributed by atoms with Gasteiger partial charge < -0.3 is 5.32 Å². The quantitative estimate of drug-likeness (QED) is 0.861. The summed E-state index contributed by atoms with van der Waals surface area (Å²) in [7, 11) is 0. The third-order valence-corrected chi connectivity index (χ3v) is 5.62. The molecule has 1 aromatic heterocycles. The van der Waals surface area contributed by atoms with Crippen LogP contribution in [0.1, 0.15) is 47.4 Å². The van der Waals surface area contributed by atoms with Crippen LogP contribution >= 0.6 is 11.8 Å². The van der Waals surface area contributed by atoms with Gasteiger partial charge in [-0.1, -0.05) is 25.0 Å². The minimum absolute atomic E-state index is 0.0885. The summed E-state index contributed by atoms with van der Waals surface area (Å²) in [5, 5.41) is 3.74. The SMILES string of the molecule is Cc1ccc(C(=O)Nc2ccccc2SC2CCCC2)c(C)n1. The number of pyridine rings is 1. The number of carbonyl (C=O) groups is 1. The van der Waals surface area contributed by atoms with Crippen LogP contribution < -0.4 is 5.32 Å². The second-order valence-corrected chi connectivity index (χ2v) is 7.40. The van der Waals surface area contributed by atoms with Crippen LogP contribution in [0.4, 0.5) is 5.69 Å². The number of hydrogen-bond acceptors (Lipinski definition) is 3. The van der Waals surface area contributed by atoms with Crippen LogP contribution in [0.25, 0.3) is 0 Å². The van der Waals surface area contributed by atoms with Gasteiger partial charge >= 0.3 is 0 Å². The highest BCUT2D eigenvalue weighted by Gasteiger charge is 2.18. The zero-order chi connectivity index (χ0) is 16.2. The molecule has 0 saturated heterocycles. The van der Waals surface area contributed by atoms with Gasteiger partial charge in [0.05, 0.1) is 16.9 Å². The summed E-state index contributed by atoms with van der Waals surface area (Å²) in [6, 6.07) is 11.8. The molecular formula is C19H22N2OS. The van der Waals surface area contributed by atoms with Gasteiger partial charge in [-0.15, -0.1) is 11.8 Å². The predicted octanol–water partition coefficient (Wildman–Crippen LogP) is 4.99. The molecular weight excluding hydrogens is 304 g/mol. The number of hydrogen-bond donors (Lipinski definition) is 1. The van der Waals surface area contributed by atoms with Crippen molar-refractivity contribution in [1.29, 1.82) is 0 Å². The van der Waals surface area contributed by atoms with Crippen molar-refractivity contribution in [3.63, 3.8) is 0 Å². The molecule has 4 heteroatoms. The van der Waals surface area contributed by atoms with Gasteiger partial charge in [-0.05, 0) is 51.0 Å². The van der Waals surface area contributed by atoms with E-state index in [-0.39, 0.29) is 5.91 Å². The maximum atomic E-state index is 12.6. The molecule has 23 heavy (non-hydrogen) atoms. The van der Waals surface area contributed by atoms with Crippen molar-refractivity contribution in [3.05, 3.63) is 53.3 Å². The summed E-state index contributed by atoms with van der Waals surface area (Å²) >= 11 is 1.89. The van der Waals surface area contributed by atoms with E-state index in [1.54, 1.807) is 0 Å². The van der Waals surface area contributed by atoms with Crippen LogP contribution in [0.15, 0.2) is 41.3 Å². The van der Waals surface area contributed by atoms with Crippen molar-refractivity contribution in [2.24, 2.45) is 0 Å². The first-order chi connectivity index (χ1) is 11.1. The molecule has 1 fully saturated rings. The smallest absolute Gasteiger partial charge is 0.257 e. The second kappa shape index (κ2) is 7.18. The maximum Gasteiger partial charge on any atom is 0.257 e. The fraction of sp³-hybridized carbons (Fsp3) is 0.368. The molecule has 3 nitrogen and oxygen atoms in total. The van der Waals surface area contributed by atoms with Crippen molar-refractivity contribution < 1.29 is 4.79 Å². The van der Waals surface area contributed by atoms with E-state index in [1.807, 2.05) is 55.9 Å². The molecule has 3 rings (SSSR count). The topological polar surface area (TPSA) is 42.0 Å². The molecule has 0 atom stereocenters. The molecule has 0 aliphatic heterocycles. The number of rotatable bonds is 4. The van der Waals surface area contributed by atoms with E-state index in [1.165, 1.54) is 25.7 Å². The van der Waals surface area contributed by atoms with E-state index in [2.05, 4.69) is 16.4 Å². The Bertz CT molecular complexity index is 708. The van der Waals surface area contributed by atoms with Gasteiger partial charge in [0.15, 0.2) is 0 Å². The normalized spacial score (nSPS) is 14.9. The Hall–Kier alpha value is -1.81. The third-order valence-electron chi connectivity index (χ3n) is 4.20. The number of nitrogens with one attached hydrogen (secondary N) is 1. The zero-order valence-corrected chi connectivity index (χ0v) is 14.5. The molecule has 1 aliphatic carbocycles. The average molecular weight is 326 g/mol. The molecule has 1 heterocycles. The Labute approximate surface area is 141 Å². The average Bonchev–Trinajstić information content (AvgIpc) is 3.02. The Morgan fingerprint density at radius 1 is 1.13 bits per heavy atom. The van der Waals surface area contributed by atoms with Gasteiger partial charge in [0.25, 0.3) is 5.91 Å². The molecule has 1 amide bonds. The lowest BCUT2D eigenvalue weighted by Gasteiger charge is -2.14. The summed E-state index contributed by atoms with van der Waals surface area (Å²) in [5.41, 5.74) is 3.23. The summed E-state index contributed by atoms with van der Waals surface area (Å²) in [5.74, 6) is -0.0885. The highest BCUT2D eigenvalue weighted by molar-refractivity contribution is 8.00. The fourth-order valence-electron chi connectivity index (χ4n) is 2.97. The number of amides is 1. The van der Waals surface area contributed by atoms with Crippen LogP contribution in [-0.4, -0.2) is 16.1 Å². The van der Waals surface area contributed by atoms with Crippen LogP contribution in [-0.2, 0) is 0 Å². The molecule has 1 N–H and O–H groups in total. The number of anilines is 1. The molecule has 2 aromatic rings. The molecule has 1 aliphatic rings. The van der Waals surface area contributed by atoms with E-state index < -0.39 is 0 Å². The monoisotopic (exact) mass is 326 g/mol. The number of carbonyl (C=O) groups excluding carboxylic acids is 1. The van der Waals surface area contributed by atoms with Gasteiger partial charge in [-0.2, -0.15) is 0 Å². The Balaban J connectivity index is 1.77. The van der Waals surface area contributed by atoms with E-state index in [0.29, 0.717) is 10.8 Å². The number of thioether (sulfide) groups is 1. The largest absolute Gasteiger partial charge is 0.321 e. The highest BCUT2D eigenvalue weighted by Crippen LogP contribution is 2.38. The molecule has 120 valence electrons. The summed E-state index contributed by atoms with van der Waals surface area (Å²) in [6.45, 7) is 3.81. The number of nitrogens with zero attached hydrogens (tertiary/aromatic N) is 1. The second-order valence-electron chi connectivity index (χ2n) is 6.06. The van der Waals surface area contributed by atoms with E-state index in [0.717, 1.165) is 22.0 Å². The lowest BCUT2D eigenvalue weighted by Crippen LogP contribution is -2.15. The maximum absolute atomic E-state index is 12.6. The van der Waals surface area contributed by atoms with E-state index in [4.69, 9.17) is 0 Å². The number of para-hydroxylation sites is 1. The molecule has 0 spiro atoms. The standard InChI is InChI=1S/C19H22N2OS/c1-13-11-12-16(14(2)20-13)19(22)21-17-9-5-6-10-18(17)23-15-7-3-4-8-15/h5-6,9-12,15H,3-4,7-8H2,1-2H3,(H,21,22). The van der Waals surface area contributed by atoms with Gasteiger partial charge in [-0.3, -0.25) is 9.78 Å². The predicted molar refractivity (Wildman–Crippen MR) is 96.2 cm³/mol. The molecule has 0 unspecified atom stereocenters. The van der Waals surface area contributed by atoms with E-state index in [9.17, 15) is 4.79 Å². The lowest BCUT2D eigenvalue weighted by atomic mass is 10.1. The first-order valence-corrected chi connectivity index (χ1v) is 9.03. The van der Waals surface area contributed by atoms with E-state index >= 15 is 0 Å². The Kier molecular flexibility index (Phi) is 5.01. The first-order valence-electron chi connectivity index (χ1n) is 8.15. The van der Waals surface area contributed by atoms with Gasteiger partial charge in [0.2, 0.25) is 0 Å². The van der Waals surface area contributed by atoms with Crippen molar-refractivity contribution >= 4 is 23.4 Å².